The molecule has 0 fully saturated rings. The zero-order valence-corrected chi connectivity index (χ0v) is 12.7. The van der Waals surface area contributed by atoms with Crippen LogP contribution in [-0.2, 0) is 11.2 Å². The van der Waals surface area contributed by atoms with Crippen molar-refractivity contribution >= 4 is 27.5 Å². The molecule has 0 aliphatic carbocycles. The lowest BCUT2D eigenvalue weighted by Gasteiger charge is -2.14. The predicted molar refractivity (Wildman–Crippen MR) is 83.1 cm³/mol. The van der Waals surface area contributed by atoms with Crippen molar-refractivity contribution in [3.8, 4) is 0 Å². The van der Waals surface area contributed by atoms with Gasteiger partial charge in [-0.3, -0.25) is 9.78 Å². The summed E-state index contributed by atoms with van der Waals surface area (Å²) in [5.74, 6) is -0.0604. The molecule has 0 saturated heterocycles. The summed E-state index contributed by atoms with van der Waals surface area (Å²) >= 11 is 3.42. The van der Waals surface area contributed by atoms with E-state index < -0.39 is 0 Å². The maximum absolute atomic E-state index is 12.0. The third kappa shape index (κ3) is 4.06. The first-order valence-corrected chi connectivity index (χ1v) is 7.09. The van der Waals surface area contributed by atoms with Gasteiger partial charge in [0.25, 0.3) is 0 Å². The Hall–Kier alpha value is -1.88. The second-order valence-electron chi connectivity index (χ2n) is 4.60. The van der Waals surface area contributed by atoms with Crippen LogP contribution in [0.4, 0.5) is 5.69 Å². The van der Waals surface area contributed by atoms with Gasteiger partial charge in [0.2, 0.25) is 5.91 Å². The molecule has 4 nitrogen and oxygen atoms in total. The molecule has 104 valence electrons. The fourth-order valence-electron chi connectivity index (χ4n) is 1.86. The van der Waals surface area contributed by atoms with Gasteiger partial charge in [-0.2, -0.15) is 0 Å². The monoisotopic (exact) mass is 333 g/mol. The smallest absolute Gasteiger partial charge is 0.226 e. The molecule has 5 heteroatoms. The van der Waals surface area contributed by atoms with E-state index in [-0.39, 0.29) is 18.4 Å². The molecule has 2 rings (SSSR count). The number of hydrogen-bond donors (Lipinski definition) is 2. The number of benzene rings is 1. The van der Waals surface area contributed by atoms with Gasteiger partial charge in [-0.25, -0.2) is 0 Å². The van der Waals surface area contributed by atoms with Crippen LogP contribution in [0.1, 0.15) is 24.2 Å². The van der Waals surface area contributed by atoms with Gasteiger partial charge in [-0.05, 0) is 36.8 Å². The predicted octanol–water partition coefficient (Wildman–Crippen LogP) is 2.85. The highest BCUT2D eigenvalue weighted by Crippen LogP contribution is 2.17. The molecule has 0 spiro atoms. The molecule has 1 aromatic heterocycles. The van der Waals surface area contributed by atoms with E-state index in [1.54, 1.807) is 18.3 Å². The van der Waals surface area contributed by atoms with Gasteiger partial charge in [0.1, 0.15) is 0 Å². The van der Waals surface area contributed by atoms with Crippen molar-refractivity contribution in [1.29, 1.82) is 0 Å². The number of pyridine rings is 1. The van der Waals surface area contributed by atoms with Crippen LogP contribution in [0.25, 0.3) is 0 Å². The van der Waals surface area contributed by atoms with Crippen molar-refractivity contribution in [2.45, 2.75) is 19.4 Å². The number of nitrogens with zero attached hydrogens (tertiary/aromatic N) is 1. The molecule has 0 saturated carbocycles. The lowest BCUT2D eigenvalue weighted by atomic mass is 10.1. The summed E-state index contributed by atoms with van der Waals surface area (Å²) in [4.78, 5) is 16.1. The van der Waals surface area contributed by atoms with Crippen LogP contribution in [0.3, 0.4) is 0 Å². The van der Waals surface area contributed by atoms with E-state index in [4.69, 9.17) is 5.73 Å². The summed E-state index contributed by atoms with van der Waals surface area (Å²) in [6, 6.07) is 11.3. The lowest BCUT2D eigenvalue weighted by molar-refractivity contribution is -0.121. The summed E-state index contributed by atoms with van der Waals surface area (Å²) in [6.07, 6.45) is 1.80. The van der Waals surface area contributed by atoms with E-state index in [0.717, 1.165) is 10.0 Å². The molecule has 3 N–H and O–H groups in total. The van der Waals surface area contributed by atoms with Crippen molar-refractivity contribution in [3.05, 3.63) is 58.3 Å². The zero-order valence-electron chi connectivity index (χ0n) is 11.1. The molecule has 20 heavy (non-hydrogen) atoms. The Labute approximate surface area is 126 Å². The quantitative estimate of drug-likeness (QED) is 0.903. The number of nitrogens with one attached hydrogen (secondary N) is 1. The number of rotatable bonds is 4. The van der Waals surface area contributed by atoms with E-state index in [1.165, 1.54) is 0 Å². The van der Waals surface area contributed by atoms with Crippen LogP contribution in [0.2, 0.25) is 0 Å². The molecule has 1 amide bonds. The molecular weight excluding hydrogens is 318 g/mol. The average Bonchev–Trinajstić information content (AvgIpc) is 2.41. The number of nitrogen functional groups attached to an aromatic ring is 1. The average molecular weight is 334 g/mol. The SMILES string of the molecule is C[C@@H](NC(=O)Cc1ccc(N)cn1)c1cccc(Br)c1. The maximum atomic E-state index is 12.0. The molecule has 1 atom stereocenters. The molecule has 0 bridgehead atoms. The fraction of sp³-hybridized carbons (Fsp3) is 0.200. The summed E-state index contributed by atoms with van der Waals surface area (Å²) < 4.78 is 0.997. The van der Waals surface area contributed by atoms with Gasteiger partial charge in [-0.1, -0.05) is 28.1 Å². The van der Waals surface area contributed by atoms with E-state index in [9.17, 15) is 4.79 Å². The summed E-state index contributed by atoms with van der Waals surface area (Å²) in [6.45, 7) is 1.95. The van der Waals surface area contributed by atoms with Crippen molar-refractivity contribution in [1.82, 2.24) is 10.3 Å². The number of carbonyl (C=O) groups excluding carboxylic acids is 1. The highest BCUT2D eigenvalue weighted by molar-refractivity contribution is 9.10. The topological polar surface area (TPSA) is 68.0 Å². The Kier molecular flexibility index (Phi) is 4.74. The largest absolute Gasteiger partial charge is 0.397 e. The molecule has 0 radical (unpaired) electrons. The first-order chi connectivity index (χ1) is 9.54. The Morgan fingerprint density at radius 2 is 2.20 bits per heavy atom. The molecule has 1 heterocycles. The number of carbonyl (C=O) groups is 1. The molecule has 1 aromatic carbocycles. The highest BCUT2D eigenvalue weighted by Gasteiger charge is 2.10. The van der Waals surface area contributed by atoms with Crippen molar-refractivity contribution in [2.24, 2.45) is 0 Å². The number of aromatic nitrogens is 1. The van der Waals surface area contributed by atoms with Gasteiger partial charge < -0.3 is 11.1 Å². The minimum atomic E-state index is -0.0604. The van der Waals surface area contributed by atoms with E-state index in [1.807, 2.05) is 31.2 Å². The molecule has 0 aliphatic rings. The number of anilines is 1. The zero-order chi connectivity index (χ0) is 14.5. The molecule has 0 aliphatic heterocycles. The number of amides is 1. The van der Waals surface area contributed by atoms with Gasteiger partial charge in [0.05, 0.1) is 24.3 Å². The third-order valence-electron chi connectivity index (χ3n) is 2.92. The number of hydrogen-bond acceptors (Lipinski definition) is 3. The van der Waals surface area contributed by atoms with Gasteiger partial charge in [-0.15, -0.1) is 0 Å². The molecule has 0 unspecified atom stereocenters. The van der Waals surface area contributed by atoms with Gasteiger partial charge in [0.15, 0.2) is 0 Å². The summed E-state index contributed by atoms with van der Waals surface area (Å²) in [5.41, 5.74) is 7.92. The third-order valence-corrected chi connectivity index (χ3v) is 3.41. The highest BCUT2D eigenvalue weighted by atomic mass is 79.9. The van der Waals surface area contributed by atoms with Crippen LogP contribution in [0, 0.1) is 0 Å². The number of nitrogens with two attached hydrogens (primary N) is 1. The van der Waals surface area contributed by atoms with Crippen molar-refractivity contribution in [2.75, 3.05) is 5.73 Å². The minimum Gasteiger partial charge on any atom is -0.397 e. The Balaban J connectivity index is 1.95. The summed E-state index contributed by atoms with van der Waals surface area (Å²) in [7, 11) is 0. The maximum Gasteiger partial charge on any atom is 0.226 e. The van der Waals surface area contributed by atoms with Crippen LogP contribution in [-0.4, -0.2) is 10.9 Å². The molecular formula is C15H16BrN3O. The summed E-state index contributed by atoms with van der Waals surface area (Å²) in [5, 5.41) is 2.96. The lowest BCUT2D eigenvalue weighted by Crippen LogP contribution is -2.28. The van der Waals surface area contributed by atoms with Crippen LogP contribution < -0.4 is 11.1 Å². The second-order valence-corrected chi connectivity index (χ2v) is 5.52. The first-order valence-electron chi connectivity index (χ1n) is 6.30. The van der Waals surface area contributed by atoms with Gasteiger partial charge >= 0.3 is 0 Å². The Morgan fingerprint density at radius 1 is 1.40 bits per heavy atom. The van der Waals surface area contributed by atoms with Gasteiger partial charge in [0, 0.05) is 10.2 Å². The Bertz CT molecular complexity index is 598. The first kappa shape index (κ1) is 14.5. The normalized spacial score (nSPS) is 11.9. The Morgan fingerprint density at radius 3 is 2.85 bits per heavy atom. The van der Waals surface area contributed by atoms with Crippen LogP contribution in [0.5, 0.6) is 0 Å². The van der Waals surface area contributed by atoms with E-state index in [0.29, 0.717) is 11.4 Å². The fourth-order valence-corrected chi connectivity index (χ4v) is 2.27. The van der Waals surface area contributed by atoms with Crippen LogP contribution in [0.15, 0.2) is 47.1 Å². The molecule has 2 aromatic rings. The van der Waals surface area contributed by atoms with Crippen molar-refractivity contribution < 1.29 is 4.79 Å². The van der Waals surface area contributed by atoms with Crippen LogP contribution >= 0.6 is 15.9 Å². The van der Waals surface area contributed by atoms with Crippen molar-refractivity contribution in [3.63, 3.8) is 0 Å². The second kappa shape index (κ2) is 6.52. The number of halogens is 1. The standard InChI is InChI=1S/C15H16BrN3O/c1-10(11-3-2-4-12(16)7-11)19-15(20)8-14-6-5-13(17)9-18-14/h2-7,9-10H,8,17H2,1H3,(H,19,20)/t10-/m1/s1. The van der Waals surface area contributed by atoms with E-state index >= 15 is 0 Å². The minimum absolute atomic E-state index is 0.0474. The van der Waals surface area contributed by atoms with E-state index in [2.05, 4.69) is 26.2 Å².